The van der Waals surface area contributed by atoms with Crippen molar-refractivity contribution < 1.29 is 0 Å². The fraction of sp³-hybridized carbons (Fsp3) is 0.647. The van der Waals surface area contributed by atoms with Crippen molar-refractivity contribution in [1.82, 2.24) is 5.32 Å². The molecule has 1 aliphatic carbocycles. The fourth-order valence-electron chi connectivity index (χ4n) is 3.12. The molecule has 0 aromatic heterocycles. The molecule has 0 heterocycles. The Labute approximate surface area is 133 Å². The lowest BCUT2D eigenvalue weighted by molar-refractivity contribution is 0.307. The Morgan fingerprint density at radius 3 is 2.65 bits per heavy atom. The molecule has 0 aliphatic heterocycles. The first-order chi connectivity index (χ1) is 9.37. The van der Waals surface area contributed by atoms with Crippen molar-refractivity contribution in [2.75, 3.05) is 0 Å². The second-order valence-electron chi connectivity index (χ2n) is 6.85. The summed E-state index contributed by atoms with van der Waals surface area (Å²) in [7, 11) is 0. The van der Waals surface area contributed by atoms with Crippen molar-refractivity contribution in [2.24, 2.45) is 5.41 Å². The van der Waals surface area contributed by atoms with E-state index in [2.05, 4.69) is 26.1 Å². The second-order valence-corrected chi connectivity index (χ2v) is 7.69. The lowest BCUT2D eigenvalue weighted by Crippen LogP contribution is -2.31. The Bertz CT molecular complexity index is 456. The van der Waals surface area contributed by atoms with Crippen LogP contribution in [0.4, 0.5) is 0 Å². The molecule has 1 aromatic carbocycles. The van der Waals surface area contributed by atoms with E-state index < -0.39 is 0 Å². The molecule has 112 valence electrons. The van der Waals surface area contributed by atoms with E-state index in [0.29, 0.717) is 16.5 Å². The minimum absolute atomic E-state index is 0.269. The maximum atomic E-state index is 6.30. The molecule has 20 heavy (non-hydrogen) atoms. The van der Waals surface area contributed by atoms with Gasteiger partial charge in [-0.15, -0.1) is 0 Å². The summed E-state index contributed by atoms with van der Waals surface area (Å²) in [6, 6.07) is 6.64. The normalized spacial score (nSPS) is 24.1. The number of benzene rings is 1. The quantitative estimate of drug-likeness (QED) is 0.674. The van der Waals surface area contributed by atoms with Gasteiger partial charge >= 0.3 is 0 Å². The van der Waals surface area contributed by atoms with Crippen LogP contribution in [0.2, 0.25) is 10.0 Å². The smallest absolute Gasteiger partial charge is 0.0468 e. The predicted molar refractivity (Wildman–Crippen MR) is 88.7 cm³/mol. The number of hydrogen-bond acceptors (Lipinski definition) is 1. The van der Waals surface area contributed by atoms with Crippen LogP contribution in [0.25, 0.3) is 0 Å². The molecule has 2 rings (SSSR count). The van der Waals surface area contributed by atoms with Crippen LogP contribution in [0.15, 0.2) is 18.2 Å². The molecule has 0 saturated heterocycles. The summed E-state index contributed by atoms with van der Waals surface area (Å²) >= 11 is 12.3. The van der Waals surface area contributed by atoms with E-state index in [1.807, 2.05) is 18.2 Å². The molecule has 1 aliphatic rings. The average molecular weight is 314 g/mol. The zero-order valence-corrected chi connectivity index (χ0v) is 14.2. The first kappa shape index (κ1) is 16.1. The zero-order chi connectivity index (χ0) is 14.8. The average Bonchev–Trinajstić information content (AvgIpc) is 2.51. The minimum atomic E-state index is 0.269. The monoisotopic (exact) mass is 313 g/mol. The molecule has 0 radical (unpaired) electrons. The van der Waals surface area contributed by atoms with Crippen LogP contribution in [0, 0.1) is 5.41 Å². The van der Waals surface area contributed by atoms with E-state index in [9.17, 15) is 0 Å². The van der Waals surface area contributed by atoms with Gasteiger partial charge < -0.3 is 5.32 Å². The third-order valence-corrected chi connectivity index (χ3v) is 5.05. The third-order valence-electron chi connectivity index (χ3n) is 4.49. The molecule has 2 unspecified atom stereocenters. The summed E-state index contributed by atoms with van der Waals surface area (Å²) in [4.78, 5) is 0. The Morgan fingerprint density at radius 2 is 1.95 bits per heavy atom. The predicted octanol–water partition coefficient (Wildman–Crippen LogP) is 6.00. The molecule has 1 N–H and O–H groups in total. The highest BCUT2D eigenvalue weighted by atomic mass is 35.5. The summed E-state index contributed by atoms with van der Waals surface area (Å²) in [5.74, 6) is 0. The van der Waals surface area contributed by atoms with E-state index in [1.54, 1.807) is 0 Å². The molecule has 1 saturated carbocycles. The van der Waals surface area contributed by atoms with E-state index >= 15 is 0 Å². The maximum Gasteiger partial charge on any atom is 0.0468 e. The van der Waals surface area contributed by atoms with E-state index in [-0.39, 0.29) is 6.04 Å². The van der Waals surface area contributed by atoms with Crippen molar-refractivity contribution >= 4 is 23.2 Å². The van der Waals surface area contributed by atoms with Gasteiger partial charge in [0, 0.05) is 22.1 Å². The topological polar surface area (TPSA) is 12.0 Å². The van der Waals surface area contributed by atoms with Crippen LogP contribution < -0.4 is 5.32 Å². The first-order valence-corrected chi connectivity index (χ1v) is 8.34. The van der Waals surface area contributed by atoms with E-state index in [4.69, 9.17) is 23.2 Å². The standard InChI is InChI=1S/C17H25Cl2N/c1-12(15-7-6-13(18)11-16(15)19)20-14-5-4-9-17(2,3)10-8-14/h6-7,11-12,14,20H,4-5,8-10H2,1-3H3. The van der Waals surface area contributed by atoms with Crippen molar-refractivity contribution in [3.05, 3.63) is 33.8 Å². The molecule has 0 amide bonds. The summed E-state index contributed by atoms with van der Waals surface area (Å²) in [5, 5.41) is 5.20. The van der Waals surface area contributed by atoms with Crippen molar-refractivity contribution in [2.45, 2.75) is 65.0 Å². The highest BCUT2D eigenvalue weighted by Gasteiger charge is 2.25. The molecule has 0 spiro atoms. The Kier molecular flexibility index (Phi) is 5.39. The van der Waals surface area contributed by atoms with Gasteiger partial charge in [0.05, 0.1) is 0 Å². The summed E-state index contributed by atoms with van der Waals surface area (Å²) in [6.45, 7) is 6.95. The summed E-state index contributed by atoms with van der Waals surface area (Å²) in [6.07, 6.45) is 6.46. The lowest BCUT2D eigenvalue weighted by Gasteiger charge is -2.24. The number of nitrogens with one attached hydrogen (secondary N) is 1. The van der Waals surface area contributed by atoms with Gasteiger partial charge in [0.25, 0.3) is 0 Å². The van der Waals surface area contributed by atoms with Crippen molar-refractivity contribution in [3.63, 3.8) is 0 Å². The molecule has 2 atom stereocenters. The van der Waals surface area contributed by atoms with Crippen LogP contribution >= 0.6 is 23.2 Å². The SMILES string of the molecule is CC(NC1CCCC(C)(C)CC1)c1ccc(Cl)cc1Cl. The second kappa shape index (κ2) is 6.68. The van der Waals surface area contributed by atoms with E-state index in [1.165, 1.54) is 32.1 Å². The Morgan fingerprint density at radius 1 is 1.20 bits per heavy atom. The van der Waals surface area contributed by atoms with E-state index in [0.717, 1.165) is 10.6 Å². The van der Waals surface area contributed by atoms with Gasteiger partial charge in [0.2, 0.25) is 0 Å². The Balaban J connectivity index is 1.98. The number of halogens is 2. The van der Waals surface area contributed by atoms with Crippen molar-refractivity contribution in [1.29, 1.82) is 0 Å². The Hall–Kier alpha value is -0.240. The van der Waals surface area contributed by atoms with Gasteiger partial charge in [-0.05, 0) is 55.7 Å². The van der Waals surface area contributed by atoms with Crippen LogP contribution in [0.5, 0.6) is 0 Å². The van der Waals surface area contributed by atoms with Crippen LogP contribution in [-0.4, -0.2) is 6.04 Å². The summed E-state index contributed by atoms with van der Waals surface area (Å²) < 4.78 is 0. The van der Waals surface area contributed by atoms with Gasteiger partial charge in [-0.3, -0.25) is 0 Å². The largest absolute Gasteiger partial charge is 0.307 e. The maximum absolute atomic E-state index is 6.30. The number of hydrogen-bond donors (Lipinski definition) is 1. The third kappa shape index (κ3) is 4.38. The lowest BCUT2D eigenvalue weighted by atomic mass is 9.85. The van der Waals surface area contributed by atoms with Crippen LogP contribution in [0.1, 0.15) is 64.5 Å². The zero-order valence-electron chi connectivity index (χ0n) is 12.7. The molecule has 0 bridgehead atoms. The van der Waals surface area contributed by atoms with Gasteiger partial charge in [-0.2, -0.15) is 0 Å². The molecule has 1 aromatic rings. The molecule has 1 fully saturated rings. The van der Waals surface area contributed by atoms with Gasteiger partial charge in [-0.25, -0.2) is 0 Å². The molecular formula is C17H25Cl2N. The van der Waals surface area contributed by atoms with Crippen molar-refractivity contribution in [3.8, 4) is 0 Å². The minimum Gasteiger partial charge on any atom is -0.307 e. The molecular weight excluding hydrogens is 289 g/mol. The van der Waals surface area contributed by atoms with Crippen LogP contribution in [0.3, 0.4) is 0 Å². The highest BCUT2D eigenvalue weighted by Crippen LogP contribution is 2.35. The van der Waals surface area contributed by atoms with Gasteiger partial charge in [0.1, 0.15) is 0 Å². The first-order valence-electron chi connectivity index (χ1n) is 7.58. The van der Waals surface area contributed by atoms with Gasteiger partial charge in [0.15, 0.2) is 0 Å². The van der Waals surface area contributed by atoms with Crippen LogP contribution in [-0.2, 0) is 0 Å². The van der Waals surface area contributed by atoms with Gasteiger partial charge in [-0.1, -0.05) is 49.5 Å². The number of rotatable bonds is 3. The summed E-state index contributed by atoms with van der Waals surface area (Å²) in [5.41, 5.74) is 1.64. The highest BCUT2D eigenvalue weighted by molar-refractivity contribution is 6.35. The molecule has 3 heteroatoms. The fourth-order valence-corrected chi connectivity index (χ4v) is 3.70. The molecule has 1 nitrogen and oxygen atoms in total.